The predicted molar refractivity (Wildman–Crippen MR) is 98.7 cm³/mol. The first-order valence-corrected chi connectivity index (χ1v) is 8.80. The lowest BCUT2D eigenvalue weighted by Gasteiger charge is -2.28. The van der Waals surface area contributed by atoms with Crippen LogP contribution in [0.2, 0.25) is 0 Å². The molecule has 2 N–H and O–H groups in total. The van der Waals surface area contributed by atoms with Crippen LogP contribution in [-0.2, 0) is 14.3 Å². The lowest BCUT2D eigenvalue weighted by atomic mass is 9.85. The number of carboxylic acid groups (broad SMARTS) is 1. The summed E-state index contributed by atoms with van der Waals surface area (Å²) in [5.41, 5.74) is -0.286. The van der Waals surface area contributed by atoms with Gasteiger partial charge in [0, 0.05) is 12.1 Å². The minimum Gasteiger partial charge on any atom is -0.481 e. The number of ether oxygens (including phenoxy) is 1. The molecule has 26 heavy (non-hydrogen) atoms. The van der Waals surface area contributed by atoms with Crippen LogP contribution in [0.15, 0.2) is 30.3 Å². The molecule has 0 radical (unpaired) electrons. The van der Waals surface area contributed by atoms with E-state index in [1.807, 2.05) is 13.8 Å². The first kappa shape index (κ1) is 21.7. The van der Waals surface area contributed by atoms with Crippen molar-refractivity contribution in [3.05, 3.63) is 35.9 Å². The van der Waals surface area contributed by atoms with Crippen molar-refractivity contribution in [2.45, 2.75) is 46.6 Å². The smallest absolute Gasteiger partial charge is 0.312 e. The first-order valence-electron chi connectivity index (χ1n) is 8.80. The van der Waals surface area contributed by atoms with Crippen LogP contribution in [0, 0.1) is 17.8 Å². The van der Waals surface area contributed by atoms with Crippen LogP contribution in [0.3, 0.4) is 0 Å². The first-order chi connectivity index (χ1) is 12.0. The number of nitrogens with one attached hydrogen (secondary N) is 1. The van der Waals surface area contributed by atoms with Crippen LogP contribution in [0.5, 0.6) is 0 Å². The van der Waals surface area contributed by atoms with Crippen LogP contribution in [0.1, 0.15) is 51.4 Å². The number of carbonyl (C=O) groups is 3. The number of rotatable bonds is 8. The Bertz CT molecular complexity index is 619. The second-order valence-electron chi connectivity index (χ2n) is 7.79. The van der Waals surface area contributed by atoms with E-state index in [9.17, 15) is 19.5 Å². The van der Waals surface area contributed by atoms with Gasteiger partial charge in [0.1, 0.15) is 5.60 Å². The van der Waals surface area contributed by atoms with E-state index in [0.717, 1.165) is 0 Å². The lowest BCUT2D eigenvalue weighted by molar-refractivity contribution is -0.166. The molecule has 0 aliphatic rings. The number of carboxylic acids is 1. The fourth-order valence-corrected chi connectivity index (χ4v) is 2.61. The number of esters is 1. The van der Waals surface area contributed by atoms with E-state index in [1.165, 1.54) is 0 Å². The fraction of sp³-hybridized carbons (Fsp3) is 0.550. The van der Waals surface area contributed by atoms with Gasteiger partial charge in [-0.15, -0.1) is 0 Å². The monoisotopic (exact) mass is 363 g/mol. The minimum atomic E-state index is -1.07. The largest absolute Gasteiger partial charge is 0.481 e. The predicted octanol–water partition coefficient (Wildman–Crippen LogP) is 3.12. The maximum absolute atomic E-state index is 12.6. The Morgan fingerprint density at radius 1 is 1.08 bits per heavy atom. The van der Waals surface area contributed by atoms with Gasteiger partial charge in [-0.05, 0) is 45.2 Å². The molecular formula is C20H29NO5. The molecule has 0 heterocycles. The molecule has 1 aromatic carbocycles. The van der Waals surface area contributed by atoms with E-state index in [-0.39, 0.29) is 18.4 Å². The molecule has 0 aromatic heterocycles. The van der Waals surface area contributed by atoms with Crippen molar-refractivity contribution in [3.8, 4) is 0 Å². The van der Waals surface area contributed by atoms with Gasteiger partial charge in [-0.1, -0.05) is 32.0 Å². The van der Waals surface area contributed by atoms with E-state index in [1.54, 1.807) is 51.1 Å². The molecule has 0 saturated carbocycles. The van der Waals surface area contributed by atoms with E-state index in [4.69, 9.17) is 4.74 Å². The molecule has 0 unspecified atom stereocenters. The third-order valence-electron chi connectivity index (χ3n) is 3.76. The summed E-state index contributed by atoms with van der Waals surface area (Å²) >= 11 is 0. The normalized spacial score (nSPS) is 13.8. The summed E-state index contributed by atoms with van der Waals surface area (Å²) in [6.45, 7) is 8.87. The summed E-state index contributed by atoms with van der Waals surface area (Å²) in [4.78, 5) is 36.6. The third kappa shape index (κ3) is 7.25. The molecule has 0 saturated heterocycles. The number of benzene rings is 1. The number of hydrogen-bond donors (Lipinski definition) is 2. The molecular weight excluding hydrogens is 334 g/mol. The molecule has 2 atom stereocenters. The highest BCUT2D eigenvalue weighted by molar-refractivity contribution is 5.94. The van der Waals surface area contributed by atoms with Gasteiger partial charge >= 0.3 is 11.9 Å². The van der Waals surface area contributed by atoms with Gasteiger partial charge in [0.25, 0.3) is 5.91 Å². The molecule has 1 amide bonds. The molecule has 0 spiro atoms. The van der Waals surface area contributed by atoms with Gasteiger partial charge in [-0.25, -0.2) is 0 Å². The van der Waals surface area contributed by atoms with Gasteiger partial charge in [0.2, 0.25) is 0 Å². The van der Waals surface area contributed by atoms with Crippen molar-refractivity contribution >= 4 is 17.8 Å². The number of amides is 1. The van der Waals surface area contributed by atoms with Gasteiger partial charge in [-0.3, -0.25) is 14.4 Å². The second-order valence-corrected chi connectivity index (χ2v) is 7.79. The van der Waals surface area contributed by atoms with E-state index in [2.05, 4.69) is 5.32 Å². The van der Waals surface area contributed by atoms with Crippen LogP contribution in [-0.4, -0.2) is 35.1 Å². The van der Waals surface area contributed by atoms with Crippen molar-refractivity contribution in [1.29, 1.82) is 0 Å². The molecule has 0 aliphatic heterocycles. The molecule has 0 fully saturated rings. The quantitative estimate of drug-likeness (QED) is 0.692. The van der Waals surface area contributed by atoms with E-state index >= 15 is 0 Å². The van der Waals surface area contributed by atoms with Crippen LogP contribution in [0.25, 0.3) is 0 Å². The summed E-state index contributed by atoms with van der Waals surface area (Å²) in [6.07, 6.45) is 0.320. The Morgan fingerprint density at radius 2 is 1.65 bits per heavy atom. The Balaban J connectivity index is 2.97. The van der Waals surface area contributed by atoms with Crippen LogP contribution >= 0.6 is 0 Å². The lowest BCUT2D eigenvalue weighted by Crippen LogP contribution is -2.43. The van der Waals surface area contributed by atoms with Gasteiger partial charge in [0.15, 0.2) is 0 Å². The molecule has 0 bridgehead atoms. The van der Waals surface area contributed by atoms with Crippen molar-refractivity contribution in [2.75, 3.05) is 6.54 Å². The SMILES string of the molecule is CC(C)C[C@@H](C(=O)O)[C@H](CNC(=O)c1ccccc1)C(=O)OC(C)(C)C. The zero-order valence-electron chi connectivity index (χ0n) is 16.1. The minimum absolute atomic E-state index is 0.0888. The Labute approximate surface area is 154 Å². The topological polar surface area (TPSA) is 92.7 Å². The highest BCUT2D eigenvalue weighted by atomic mass is 16.6. The maximum Gasteiger partial charge on any atom is 0.312 e. The van der Waals surface area contributed by atoms with Crippen molar-refractivity contribution < 1.29 is 24.2 Å². The van der Waals surface area contributed by atoms with Crippen molar-refractivity contribution in [1.82, 2.24) is 5.32 Å². The standard InChI is InChI=1S/C20H29NO5/c1-13(2)11-15(18(23)24)16(19(25)26-20(3,4)5)12-21-17(22)14-9-7-6-8-10-14/h6-10,13,15-16H,11-12H2,1-5H3,(H,21,22)(H,23,24)/t15-,16+/m1/s1. The zero-order valence-corrected chi connectivity index (χ0v) is 16.1. The zero-order chi connectivity index (χ0) is 19.9. The van der Waals surface area contributed by atoms with Gasteiger partial charge < -0.3 is 15.2 Å². The Hall–Kier alpha value is -2.37. The number of carbonyl (C=O) groups excluding carboxylic acids is 2. The molecule has 1 rings (SSSR count). The molecule has 6 heteroatoms. The molecule has 6 nitrogen and oxygen atoms in total. The third-order valence-corrected chi connectivity index (χ3v) is 3.76. The molecule has 1 aromatic rings. The Kier molecular flexibility index (Phi) is 7.80. The summed E-state index contributed by atoms with van der Waals surface area (Å²) < 4.78 is 5.40. The van der Waals surface area contributed by atoms with E-state index in [0.29, 0.717) is 12.0 Å². The summed E-state index contributed by atoms with van der Waals surface area (Å²) in [5, 5.41) is 12.3. The summed E-state index contributed by atoms with van der Waals surface area (Å²) in [7, 11) is 0. The molecule has 0 aliphatic carbocycles. The highest BCUT2D eigenvalue weighted by Crippen LogP contribution is 2.24. The fourth-order valence-electron chi connectivity index (χ4n) is 2.61. The maximum atomic E-state index is 12.6. The van der Waals surface area contributed by atoms with Crippen molar-refractivity contribution in [3.63, 3.8) is 0 Å². The molecule has 144 valence electrons. The van der Waals surface area contributed by atoms with Gasteiger partial charge in [0.05, 0.1) is 11.8 Å². The summed E-state index contributed by atoms with van der Waals surface area (Å²) in [6, 6.07) is 8.57. The number of hydrogen-bond acceptors (Lipinski definition) is 4. The Morgan fingerprint density at radius 3 is 2.12 bits per heavy atom. The second kappa shape index (κ2) is 9.36. The average Bonchev–Trinajstić information content (AvgIpc) is 2.52. The average molecular weight is 363 g/mol. The number of aliphatic carboxylic acids is 1. The van der Waals surface area contributed by atoms with Gasteiger partial charge in [-0.2, -0.15) is 0 Å². The van der Waals surface area contributed by atoms with Crippen LogP contribution in [0.4, 0.5) is 0 Å². The highest BCUT2D eigenvalue weighted by Gasteiger charge is 2.37. The van der Waals surface area contributed by atoms with Crippen molar-refractivity contribution in [2.24, 2.45) is 17.8 Å². The van der Waals surface area contributed by atoms with Crippen LogP contribution < -0.4 is 5.32 Å². The van der Waals surface area contributed by atoms with E-state index < -0.39 is 29.4 Å². The summed E-state index contributed by atoms with van der Waals surface area (Å²) in [5.74, 6) is -3.83.